The van der Waals surface area contributed by atoms with Gasteiger partial charge in [0.1, 0.15) is 5.75 Å². The van der Waals surface area contributed by atoms with E-state index in [9.17, 15) is 4.79 Å². The number of fused-ring (bicyclic) bond motifs is 1. The fourth-order valence-electron chi connectivity index (χ4n) is 2.24. The summed E-state index contributed by atoms with van der Waals surface area (Å²) in [4.78, 5) is 12.9. The number of carbonyl (C=O) groups is 1. The van der Waals surface area contributed by atoms with Gasteiger partial charge in [0.2, 0.25) is 0 Å². The first-order valence-corrected chi connectivity index (χ1v) is 7.91. The predicted molar refractivity (Wildman–Crippen MR) is 80.3 cm³/mol. The summed E-state index contributed by atoms with van der Waals surface area (Å²) in [7, 11) is 0. The molecule has 0 radical (unpaired) electrons. The SMILES string of the molecule is O=C(CCc1ccc2c(c1)CCO2)c1cc(Br)cs1. The molecule has 0 saturated carbocycles. The van der Waals surface area contributed by atoms with Gasteiger partial charge in [-0.3, -0.25) is 4.79 Å². The van der Waals surface area contributed by atoms with Crippen LogP contribution in [0.4, 0.5) is 0 Å². The van der Waals surface area contributed by atoms with Gasteiger partial charge >= 0.3 is 0 Å². The highest BCUT2D eigenvalue weighted by Crippen LogP contribution is 2.27. The third kappa shape index (κ3) is 2.90. The molecule has 2 aromatic rings. The van der Waals surface area contributed by atoms with Crippen molar-refractivity contribution in [1.82, 2.24) is 0 Å². The molecular formula is C15H13BrO2S. The van der Waals surface area contributed by atoms with Crippen LogP contribution in [0.25, 0.3) is 0 Å². The average molecular weight is 337 g/mol. The molecule has 4 heteroatoms. The molecule has 0 amide bonds. The normalized spacial score (nSPS) is 13.1. The van der Waals surface area contributed by atoms with Gasteiger partial charge in [-0.2, -0.15) is 0 Å². The van der Waals surface area contributed by atoms with Crippen molar-refractivity contribution in [3.05, 3.63) is 50.1 Å². The molecule has 0 bridgehead atoms. The number of hydrogen-bond acceptors (Lipinski definition) is 3. The summed E-state index contributed by atoms with van der Waals surface area (Å²) in [5, 5.41) is 1.94. The van der Waals surface area contributed by atoms with E-state index >= 15 is 0 Å². The Morgan fingerprint density at radius 1 is 1.37 bits per heavy atom. The maximum Gasteiger partial charge on any atom is 0.173 e. The summed E-state index contributed by atoms with van der Waals surface area (Å²) in [5.41, 5.74) is 2.48. The Labute approximate surface area is 124 Å². The number of aryl methyl sites for hydroxylation is 1. The predicted octanol–water partition coefficient (Wildman–Crippen LogP) is 4.26. The zero-order valence-electron chi connectivity index (χ0n) is 10.3. The number of halogens is 1. The first kappa shape index (κ1) is 12.9. The van der Waals surface area contributed by atoms with Gasteiger partial charge in [0, 0.05) is 22.7 Å². The van der Waals surface area contributed by atoms with Crippen LogP contribution >= 0.6 is 27.3 Å². The first-order chi connectivity index (χ1) is 9.22. The van der Waals surface area contributed by atoms with Gasteiger partial charge < -0.3 is 4.74 Å². The summed E-state index contributed by atoms with van der Waals surface area (Å²) in [6, 6.07) is 8.13. The lowest BCUT2D eigenvalue weighted by Crippen LogP contribution is -1.99. The number of ketones is 1. The molecule has 1 aliphatic heterocycles. The molecule has 1 aliphatic rings. The van der Waals surface area contributed by atoms with Crippen molar-refractivity contribution in [2.75, 3.05) is 6.61 Å². The zero-order chi connectivity index (χ0) is 13.2. The number of Topliss-reactive ketones (excluding diaryl/α,β-unsaturated/α-hetero) is 1. The fourth-order valence-corrected chi connectivity index (χ4v) is 3.63. The molecule has 0 spiro atoms. The van der Waals surface area contributed by atoms with Crippen LogP contribution in [0.3, 0.4) is 0 Å². The number of hydrogen-bond donors (Lipinski definition) is 0. The van der Waals surface area contributed by atoms with E-state index in [0.29, 0.717) is 6.42 Å². The Balaban J connectivity index is 1.64. The van der Waals surface area contributed by atoms with Crippen LogP contribution in [0.5, 0.6) is 5.75 Å². The first-order valence-electron chi connectivity index (χ1n) is 6.24. The maximum atomic E-state index is 12.0. The summed E-state index contributed by atoms with van der Waals surface area (Å²) in [6.07, 6.45) is 2.34. The molecule has 98 valence electrons. The standard InChI is InChI=1S/C15H13BrO2S/c16-12-8-15(19-9-12)13(17)3-1-10-2-4-14-11(7-10)5-6-18-14/h2,4,7-9H,1,3,5-6H2. The van der Waals surface area contributed by atoms with Crippen molar-refractivity contribution in [2.24, 2.45) is 0 Å². The van der Waals surface area contributed by atoms with E-state index in [0.717, 1.165) is 34.5 Å². The third-order valence-corrected chi connectivity index (χ3v) is 4.97. The Morgan fingerprint density at radius 3 is 3.05 bits per heavy atom. The number of benzene rings is 1. The quantitative estimate of drug-likeness (QED) is 0.779. The average Bonchev–Trinajstić information content (AvgIpc) is 3.03. The minimum Gasteiger partial charge on any atom is -0.493 e. The van der Waals surface area contributed by atoms with Gasteiger partial charge in [-0.1, -0.05) is 12.1 Å². The lowest BCUT2D eigenvalue weighted by atomic mass is 10.0. The molecule has 0 atom stereocenters. The van der Waals surface area contributed by atoms with Crippen molar-refractivity contribution in [1.29, 1.82) is 0 Å². The van der Waals surface area contributed by atoms with Crippen molar-refractivity contribution in [3.8, 4) is 5.75 Å². The molecule has 2 heterocycles. The highest BCUT2D eigenvalue weighted by molar-refractivity contribution is 9.10. The molecule has 19 heavy (non-hydrogen) atoms. The minimum absolute atomic E-state index is 0.215. The largest absolute Gasteiger partial charge is 0.493 e. The minimum atomic E-state index is 0.215. The Morgan fingerprint density at radius 2 is 2.26 bits per heavy atom. The van der Waals surface area contributed by atoms with E-state index in [1.807, 2.05) is 17.5 Å². The van der Waals surface area contributed by atoms with E-state index in [1.54, 1.807) is 0 Å². The summed E-state index contributed by atoms with van der Waals surface area (Å²) in [6.45, 7) is 0.779. The molecule has 0 saturated heterocycles. The van der Waals surface area contributed by atoms with E-state index in [4.69, 9.17) is 4.74 Å². The smallest absolute Gasteiger partial charge is 0.173 e. The van der Waals surface area contributed by atoms with Gasteiger partial charge in [0.15, 0.2) is 5.78 Å². The highest BCUT2D eigenvalue weighted by Gasteiger charge is 2.13. The number of ether oxygens (including phenoxy) is 1. The molecule has 0 fully saturated rings. The second kappa shape index (κ2) is 5.47. The highest BCUT2D eigenvalue weighted by atomic mass is 79.9. The van der Waals surface area contributed by atoms with E-state index in [-0.39, 0.29) is 5.78 Å². The molecule has 1 aromatic heterocycles. The van der Waals surface area contributed by atoms with Crippen LogP contribution in [0, 0.1) is 0 Å². The summed E-state index contributed by atoms with van der Waals surface area (Å²) in [5.74, 6) is 1.21. The van der Waals surface area contributed by atoms with Crippen LogP contribution in [-0.4, -0.2) is 12.4 Å². The molecule has 0 unspecified atom stereocenters. The van der Waals surface area contributed by atoms with Crippen molar-refractivity contribution >= 4 is 33.0 Å². The third-order valence-electron chi connectivity index (χ3n) is 3.24. The van der Waals surface area contributed by atoms with Crippen LogP contribution in [0.15, 0.2) is 34.1 Å². The van der Waals surface area contributed by atoms with Crippen molar-refractivity contribution in [2.45, 2.75) is 19.3 Å². The monoisotopic (exact) mass is 336 g/mol. The maximum absolute atomic E-state index is 12.0. The number of rotatable bonds is 4. The molecule has 1 aromatic carbocycles. The van der Waals surface area contributed by atoms with Gasteiger partial charge in [0.25, 0.3) is 0 Å². The molecule has 0 aliphatic carbocycles. The lowest BCUT2D eigenvalue weighted by Gasteiger charge is -2.03. The zero-order valence-corrected chi connectivity index (χ0v) is 12.7. The molecular weight excluding hydrogens is 324 g/mol. The van der Waals surface area contributed by atoms with Crippen LogP contribution in [0.2, 0.25) is 0 Å². The Kier molecular flexibility index (Phi) is 3.71. The van der Waals surface area contributed by atoms with E-state index in [1.165, 1.54) is 22.5 Å². The molecule has 3 rings (SSSR count). The van der Waals surface area contributed by atoms with Crippen LogP contribution < -0.4 is 4.74 Å². The van der Waals surface area contributed by atoms with E-state index in [2.05, 4.69) is 28.1 Å². The number of carbonyl (C=O) groups excluding carboxylic acids is 1. The Hall–Kier alpha value is -1.13. The fraction of sp³-hybridized carbons (Fsp3) is 0.267. The topological polar surface area (TPSA) is 26.3 Å². The lowest BCUT2D eigenvalue weighted by molar-refractivity contribution is 0.0986. The van der Waals surface area contributed by atoms with Crippen LogP contribution in [0.1, 0.15) is 27.2 Å². The van der Waals surface area contributed by atoms with Gasteiger partial charge in [-0.25, -0.2) is 0 Å². The molecule has 0 N–H and O–H groups in total. The second-order valence-electron chi connectivity index (χ2n) is 4.59. The van der Waals surface area contributed by atoms with Gasteiger partial charge in [0.05, 0.1) is 11.5 Å². The second-order valence-corrected chi connectivity index (χ2v) is 6.42. The van der Waals surface area contributed by atoms with E-state index < -0.39 is 0 Å². The molecule has 2 nitrogen and oxygen atoms in total. The van der Waals surface area contributed by atoms with Crippen molar-refractivity contribution < 1.29 is 9.53 Å². The number of thiophene rings is 1. The van der Waals surface area contributed by atoms with Crippen LogP contribution in [-0.2, 0) is 12.8 Å². The van der Waals surface area contributed by atoms with Gasteiger partial charge in [-0.05, 0) is 45.6 Å². The van der Waals surface area contributed by atoms with Crippen molar-refractivity contribution in [3.63, 3.8) is 0 Å². The summed E-state index contributed by atoms with van der Waals surface area (Å²) < 4.78 is 6.46. The van der Waals surface area contributed by atoms with Gasteiger partial charge in [-0.15, -0.1) is 11.3 Å². The summed E-state index contributed by atoms with van der Waals surface area (Å²) >= 11 is 4.87. The Bertz CT molecular complexity index is 618.